The number of nitrogens with one attached hydrogen (secondary N) is 1. The number of halogens is 3. The predicted octanol–water partition coefficient (Wildman–Crippen LogP) is 7.11. The number of carbonyl (C=O) groups is 1. The summed E-state index contributed by atoms with van der Waals surface area (Å²) in [6.07, 6.45) is 1.05. The molecule has 0 spiro atoms. The van der Waals surface area contributed by atoms with Crippen LogP contribution < -0.4 is 19.7 Å². The third kappa shape index (κ3) is 7.03. The number of nitrogens with zero attached hydrogens (tertiary/aromatic N) is 5. The summed E-state index contributed by atoms with van der Waals surface area (Å²) < 4.78 is 40.2. The van der Waals surface area contributed by atoms with E-state index in [0.29, 0.717) is 42.2 Å². The summed E-state index contributed by atoms with van der Waals surface area (Å²) in [5, 5.41) is 21.2. The number of hydrogen-bond donors (Lipinski definition) is 1. The minimum absolute atomic E-state index is 0.0298. The van der Waals surface area contributed by atoms with Crippen LogP contribution in [0.3, 0.4) is 0 Å². The Morgan fingerprint density at radius 1 is 1.04 bits per heavy atom. The van der Waals surface area contributed by atoms with E-state index in [9.17, 15) is 18.8 Å². The summed E-state index contributed by atoms with van der Waals surface area (Å²) >= 11 is 6.29. The van der Waals surface area contributed by atoms with Crippen molar-refractivity contribution in [2.24, 2.45) is 0 Å². The van der Waals surface area contributed by atoms with Gasteiger partial charge in [-0.1, -0.05) is 47.1 Å². The first-order valence-corrected chi connectivity index (χ1v) is 15.2. The summed E-state index contributed by atoms with van der Waals surface area (Å²) in [5.41, 5.74) is 4.52. The van der Waals surface area contributed by atoms with Crippen molar-refractivity contribution in [2.75, 3.05) is 30.4 Å². The maximum Gasteiger partial charge on any atom is 0.281 e. The highest BCUT2D eigenvalue weighted by Gasteiger charge is 2.25. The van der Waals surface area contributed by atoms with Crippen molar-refractivity contribution in [2.45, 2.75) is 25.5 Å². The van der Waals surface area contributed by atoms with Crippen molar-refractivity contribution in [1.29, 1.82) is 5.26 Å². The fraction of sp³-hybridized carbons (Fsp3) is 0.200. The van der Waals surface area contributed by atoms with Gasteiger partial charge in [0.2, 0.25) is 11.6 Å². The molecular weight excluding hydrogens is 626 g/mol. The summed E-state index contributed by atoms with van der Waals surface area (Å²) in [7, 11) is 1.45. The summed E-state index contributed by atoms with van der Waals surface area (Å²) in [5.74, 6) is -1.62. The number of methoxy groups -OCH3 is 1. The van der Waals surface area contributed by atoms with Crippen LogP contribution in [0.5, 0.6) is 11.6 Å². The van der Waals surface area contributed by atoms with Gasteiger partial charge in [0.15, 0.2) is 11.6 Å². The molecule has 1 N–H and O–H groups in total. The number of anilines is 2. The number of carbonyl (C=O) groups excluding carboxylic acids is 1. The Bertz CT molecular complexity index is 1950. The van der Waals surface area contributed by atoms with Gasteiger partial charge in [-0.25, -0.2) is 13.5 Å². The van der Waals surface area contributed by atoms with Gasteiger partial charge in [-0.3, -0.25) is 4.79 Å². The highest BCUT2D eigenvalue weighted by molar-refractivity contribution is 6.31. The maximum absolute atomic E-state index is 14.1. The molecule has 47 heavy (non-hydrogen) atoms. The first-order valence-electron chi connectivity index (χ1n) is 14.9. The van der Waals surface area contributed by atoms with Crippen molar-refractivity contribution in [1.82, 2.24) is 15.0 Å². The number of piperidine rings is 1. The van der Waals surface area contributed by atoms with Gasteiger partial charge in [0, 0.05) is 54.0 Å². The van der Waals surface area contributed by atoms with Crippen molar-refractivity contribution < 1.29 is 23.0 Å². The number of benzene rings is 4. The quantitative estimate of drug-likeness (QED) is 0.181. The Kier molecular flexibility index (Phi) is 9.31. The number of aromatic nitrogens is 3. The molecule has 1 aromatic heterocycles. The van der Waals surface area contributed by atoms with E-state index < -0.39 is 17.5 Å². The van der Waals surface area contributed by atoms with Crippen LogP contribution in [0.1, 0.15) is 34.5 Å². The van der Waals surface area contributed by atoms with Gasteiger partial charge in [-0.15, -0.1) is 5.10 Å². The summed E-state index contributed by atoms with van der Waals surface area (Å²) in [4.78, 5) is 15.4. The smallest absolute Gasteiger partial charge is 0.281 e. The second kappa shape index (κ2) is 13.9. The highest BCUT2D eigenvalue weighted by atomic mass is 35.5. The van der Waals surface area contributed by atoms with Crippen LogP contribution >= 0.6 is 11.6 Å². The van der Waals surface area contributed by atoms with Crippen LogP contribution in [0.15, 0.2) is 84.9 Å². The summed E-state index contributed by atoms with van der Waals surface area (Å²) in [6, 6.07) is 25.6. The number of rotatable bonds is 9. The number of hydrogen-bond acceptors (Lipinski definition) is 7. The zero-order valence-electron chi connectivity index (χ0n) is 25.3. The molecule has 0 bridgehead atoms. The van der Waals surface area contributed by atoms with Gasteiger partial charge in [0.25, 0.3) is 5.91 Å². The monoisotopic (exact) mass is 654 g/mol. The SMILES string of the molecule is COc1c(C(=O)Nc2ccc(-c3cc(C#N)ccc3N3CCC(Oc4ccc(F)cc4F)CC3)cc2)nnn1Cc1ccccc1Cl. The molecule has 1 fully saturated rings. The standard InChI is InChI=1S/C35H29ClF2N6O3/c1-46-35-33(41-42-44(35)21-24-4-2-3-5-29(24)36)34(45)40-26-10-7-23(8-11-26)28-18-22(20-39)6-12-31(28)43-16-14-27(15-17-43)47-32-13-9-25(37)19-30(32)38/h2-13,18-19,27H,14-17,21H2,1H3,(H,40,45). The minimum Gasteiger partial charge on any atom is -0.487 e. The fourth-order valence-electron chi connectivity index (χ4n) is 5.54. The van der Waals surface area contributed by atoms with E-state index >= 15 is 0 Å². The van der Waals surface area contributed by atoms with Crippen LogP contribution in [0.2, 0.25) is 5.02 Å². The van der Waals surface area contributed by atoms with Crippen LogP contribution in [0.4, 0.5) is 20.2 Å². The van der Waals surface area contributed by atoms with Crippen molar-refractivity contribution in [3.8, 4) is 28.8 Å². The van der Waals surface area contributed by atoms with Gasteiger partial charge in [-0.2, -0.15) is 5.26 Å². The molecule has 1 aliphatic rings. The molecule has 5 aromatic rings. The Morgan fingerprint density at radius 3 is 2.51 bits per heavy atom. The molecule has 1 amide bonds. The lowest BCUT2D eigenvalue weighted by molar-refractivity contribution is 0.101. The van der Waals surface area contributed by atoms with Crippen LogP contribution in [0, 0.1) is 23.0 Å². The molecule has 0 saturated carbocycles. The lowest BCUT2D eigenvalue weighted by Gasteiger charge is -2.35. The average Bonchev–Trinajstić information content (AvgIpc) is 3.50. The van der Waals surface area contributed by atoms with Gasteiger partial charge in [0.05, 0.1) is 25.3 Å². The molecular formula is C35H29ClF2N6O3. The molecule has 0 atom stereocenters. The van der Waals surface area contributed by atoms with Gasteiger partial charge in [-0.05, 0) is 59.7 Å². The van der Waals surface area contributed by atoms with E-state index in [0.717, 1.165) is 28.4 Å². The van der Waals surface area contributed by atoms with E-state index in [1.807, 2.05) is 42.5 Å². The molecule has 6 rings (SSSR count). The molecule has 1 aliphatic heterocycles. The normalized spacial score (nSPS) is 13.2. The topological polar surface area (TPSA) is 105 Å². The second-order valence-corrected chi connectivity index (χ2v) is 11.4. The van der Waals surface area contributed by atoms with Crippen molar-refractivity contribution in [3.63, 3.8) is 0 Å². The van der Waals surface area contributed by atoms with Gasteiger partial charge in [0.1, 0.15) is 11.9 Å². The zero-order valence-corrected chi connectivity index (χ0v) is 26.0. The Labute approximate surface area is 274 Å². The minimum atomic E-state index is -0.722. The Morgan fingerprint density at radius 2 is 1.81 bits per heavy atom. The molecule has 4 aromatic carbocycles. The number of amides is 1. The molecule has 0 unspecified atom stereocenters. The third-order valence-corrected chi connectivity index (χ3v) is 8.29. The zero-order chi connectivity index (χ0) is 32.9. The Balaban J connectivity index is 1.15. The number of ether oxygens (including phenoxy) is 2. The highest BCUT2D eigenvalue weighted by Crippen LogP contribution is 2.35. The van der Waals surface area contributed by atoms with E-state index in [2.05, 4.69) is 26.6 Å². The lowest BCUT2D eigenvalue weighted by Crippen LogP contribution is -2.38. The molecule has 12 heteroatoms. The Hall–Kier alpha value is -5.47. The largest absolute Gasteiger partial charge is 0.487 e. The first kappa shape index (κ1) is 31.5. The van der Waals surface area contributed by atoms with Crippen molar-refractivity contribution in [3.05, 3.63) is 118 Å². The third-order valence-electron chi connectivity index (χ3n) is 7.93. The molecule has 9 nitrogen and oxygen atoms in total. The molecule has 238 valence electrons. The van der Waals surface area contributed by atoms with Crippen molar-refractivity contribution >= 4 is 28.9 Å². The van der Waals surface area contributed by atoms with Crippen LogP contribution in [0.25, 0.3) is 11.1 Å². The molecule has 1 saturated heterocycles. The van der Waals surface area contributed by atoms with Gasteiger partial charge < -0.3 is 19.7 Å². The van der Waals surface area contributed by atoms with E-state index in [-0.39, 0.29) is 30.0 Å². The van der Waals surface area contributed by atoms with Gasteiger partial charge >= 0.3 is 0 Å². The molecule has 2 heterocycles. The second-order valence-electron chi connectivity index (χ2n) is 11.0. The lowest BCUT2D eigenvalue weighted by atomic mass is 9.98. The average molecular weight is 655 g/mol. The summed E-state index contributed by atoms with van der Waals surface area (Å²) in [6.45, 7) is 1.55. The van der Waals surface area contributed by atoms with Crippen LogP contribution in [-0.4, -0.2) is 47.2 Å². The first-order chi connectivity index (χ1) is 22.8. The van der Waals surface area contributed by atoms with Crippen LogP contribution in [-0.2, 0) is 6.54 Å². The number of nitriles is 1. The predicted molar refractivity (Wildman–Crippen MR) is 174 cm³/mol. The van der Waals surface area contributed by atoms with E-state index in [1.54, 1.807) is 24.3 Å². The fourth-order valence-corrected chi connectivity index (χ4v) is 5.74. The molecule has 0 aliphatic carbocycles. The van der Waals surface area contributed by atoms with E-state index in [4.69, 9.17) is 21.1 Å². The van der Waals surface area contributed by atoms with E-state index in [1.165, 1.54) is 23.9 Å². The molecule has 0 radical (unpaired) electrons. The maximum atomic E-state index is 14.1.